The van der Waals surface area contributed by atoms with E-state index in [9.17, 15) is 28.5 Å². The molecule has 0 spiro atoms. The number of aliphatic hydroxyl groups is 3. The molecule has 0 saturated carbocycles. The number of halogens is 3. The summed E-state index contributed by atoms with van der Waals surface area (Å²) in [5, 5.41) is 34.2. The van der Waals surface area contributed by atoms with Gasteiger partial charge in [-0.25, -0.2) is 13.2 Å². The van der Waals surface area contributed by atoms with Crippen molar-refractivity contribution < 1.29 is 33.2 Å². The highest BCUT2D eigenvalue weighted by atomic mass is 32.2. The van der Waals surface area contributed by atoms with E-state index in [1.807, 2.05) is 30.3 Å². The predicted octanol–water partition coefficient (Wildman–Crippen LogP) is 1.58. The van der Waals surface area contributed by atoms with Crippen LogP contribution in [0.5, 0.6) is 0 Å². The maximum Gasteiger partial charge on any atom is 0.194 e. The molecule has 0 aromatic heterocycles. The van der Waals surface area contributed by atoms with E-state index >= 15 is 0 Å². The van der Waals surface area contributed by atoms with Crippen molar-refractivity contribution in [3.05, 3.63) is 71.0 Å². The van der Waals surface area contributed by atoms with E-state index in [-0.39, 0.29) is 11.3 Å². The van der Waals surface area contributed by atoms with Crippen LogP contribution in [0.3, 0.4) is 0 Å². The molecule has 5 atom stereocenters. The van der Waals surface area contributed by atoms with Gasteiger partial charge in [0.2, 0.25) is 0 Å². The lowest BCUT2D eigenvalue weighted by atomic mass is 9.98. The molecule has 1 aliphatic heterocycles. The number of ether oxygens (including phenoxy) is 1. The van der Waals surface area contributed by atoms with Gasteiger partial charge in [0.15, 0.2) is 17.5 Å². The number of thioether (sulfide) groups is 1. The lowest BCUT2D eigenvalue weighted by Crippen LogP contribution is -2.57. The third kappa shape index (κ3) is 5.48. The Morgan fingerprint density at radius 1 is 1.09 bits per heavy atom. The topological polar surface area (TPSA) is 121 Å². The van der Waals surface area contributed by atoms with Gasteiger partial charge < -0.3 is 25.9 Å². The summed E-state index contributed by atoms with van der Waals surface area (Å²) in [4.78, 5) is 4.10. The molecule has 0 bridgehead atoms. The van der Waals surface area contributed by atoms with Crippen LogP contribution < -0.4 is 5.84 Å². The fourth-order valence-corrected chi connectivity index (χ4v) is 4.31. The minimum Gasteiger partial charge on any atom is -0.394 e. The Balaban J connectivity index is 1.79. The number of benzene rings is 2. The molecule has 0 aliphatic carbocycles. The van der Waals surface area contributed by atoms with Crippen LogP contribution in [0.2, 0.25) is 0 Å². The summed E-state index contributed by atoms with van der Waals surface area (Å²) in [6.45, 7) is -0.519. The minimum absolute atomic E-state index is 0.183. The monoisotopic (exact) mass is 469 g/mol. The molecule has 1 aliphatic rings. The van der Waals surface area contributed by atoms with E-state index in [0.29, 0.717) is 17.9 Å². The van der Waals surface area contributed by atoms with Gasteiger partial charge in [-0.1, -0.05) is 30.3 Å². The van der Waals surface area contributed by atoms with E-state index in [4.69, 9.17) is 10.6 Å². The van der Waals surface area contributed by atoms with Gasteiger partial charge in [0.25, 0.3) is 0 Å². The fraction of sp³-hybridized carbons (Fsp3) is 0.333. The third-order valence-corrected chi connectivity index (χ3v) is 6.11. The van der Waals surface area contributed by atoms with Gasteiger partial charge in [-0.05, 0) is 17.7 Å². The molecule has 3 rings (SSSR count). The Morgan fingerprint density at radius 3 is 2.34 bits per heavy atom. The van der Waals surface area contributed by atoms with Crippen molar-refractivity contribution in [2.75, 3.05) is 6.61 Å². The van der Waals surface area contributed by atoms with E-state index < -0.39 is 53.8 Å². The molecule has 1 heterocycles. The molecule has 32 heavy (non-hydrogen) atoms. The Kier molecular flexibility index (Phi) is 8.26. The lowest BCUT2D eigenvalue weighted by Gasteiger charge is -2.40. The van der Waals surface area contributed by atoms with Gasteiger partial charge in [-0.3, -0.25) is 4.99 Å². The quantitative estimate of drug-likeness (QED) is 0.212. The first-order valence-corrected chi connectivity index (χ1v) is 10.6. The average Bonchev–Trinajstić information content (AvgIpc) is 2.79. The van der Waals surface area contributed by atoms with Crippen molar-refractivity contribution in [2.24, 2.45) is 15.9 Å². The molecule has 0 amide bonds. The Bertz CT molecular complexity index is 957. The van der Waals surface area contributed by atoms with Crippen molar-refractivity contribution in [3.8, 4) is 0 Å². The van der Waals surface area contributed by atoms with Crippen LogP contribution in [-0.2, 0) is 10.5 Å². The molecular weight excluding hydrogens is 447 g/mol. The molecule has 2 aromatic carbocycles. The summed E-state index contributed by atoms with van der Waals surface area (Å²) in [7, 11) is 0. The number of nitrogens with two attached hydrogens (primary N) is 1. The zero-order valence-corrected chi connectivity index (χ0v) is 17.5. The van der Waals surface area contributed by atoms with E-state index in [1.165, 1.54) is 11.8 Å². The second-order valence-electron chi connectivity index (χ2n) is 7.04. The zero-order chi connectivity index (χ0) is 23.3. The van der Waals surface area contributed by atoms with Gasteiger partial charge >= 0.3 is 0 Å². The van der Waals surface area contributed by atoms with Crippen molar-refractivity contribution in [2.45, 2.75) is 35.5 Å². The second kappa shape index (κ2) is 10.9. The number of aliphatic hydroxyl groups excluding tert-OH is 3. The summed E-state index contributed by atoms with van der Waals surface area (Å²) < 4.78 is 45.9. The number of nitrogens with zero attached hydrogens (tertiary/aromatic N) is 2. The van der Waals surface area contributed by atoms with Crippen molar-refractivity contribution in [1.29, 1.82) is 0 Å². The number of aliphatic imine (C=N–C) groups is 1. The maximum absolute atomic E-state index is 13.5. The highest BCUT2D eigenvalue weighted by molar-refractivity contribution is 7.99. The number of hydrogen-bond acceptors (Lipinski definition) is 8. The van der Waals surface area contributed by atoms with Gasteiger partial charge in [0.1, 0.15) is 35.5 Å². The smallest absolute Gasteiger partial charge is 0.194 e. The summed E-state index contributed by atoms with van der Waals surface area (Å²) in [6.07, 6.45) is -2.66. The molecule has 7 nitrogen and oxygen atoms in total. The molecule has 3 unspecified atom stereocenters. The highest BCUT2D eigenvalue weighted by Crippen LogP contribution is 2.32. The lowest BCUT2D eigenvalue weighted by molar-refractivity contribution is -0.159. The SMILES string of the molecule is NN=C(C=NC1C(O)[C@@H](SCc2ccccc2)OC(CO)[C@@H]1O)c1cc(F)c(F)c(F)c1. The van der Waals surface area contributed by atoms with Gasteiger partial charge in [-0.15, -0.1) is 11.8 Å². The van der Waals surface area contributed by atoms with Crippen LogP contribution in [0.15, 0.2) is 52.6 Å². The molecule has 2 aromatic rings. The molecule has 1 fully saturated rings. The third-order valence-electron chi connectivity index (χ3n) is 4.89. The first-order chi connectivity index (χ1) is 15.3. The fourth-order valence-electron chi connectivity index (χ4n) is 3.18. The largest absolute Gasteiger partial charge is 0.394 e. The van der Waals surface area contributed by atoms with Crippen LogP contribution >= 0.6 is 11.8 Å². The predicted molar refractivity (Wildman–Crippen MR) is 115 cm³/mol. The minimum atomic E-state index is -1.64. The Morgan fingerprint density at radius 2 is 1.75 bits per heavy atom. The van der Waals surface area contributed by atoms with Crippen molar-refractivity contribution in [3.63, 3.8) is 0 Å². The van der Waals surface area contributed by atoms with Crippen LogP contribution in [0.4, 0.5) is 13.2 Å². The van der Waals surface area contributed by atoms with Crippen molar-refractivity contribution in [1.82, 2.24) is 0 Å². The molecular formula is C21H22F3N3O4S. The molecule has 5 N–H and O–H groups in total. The van der Waals surface area contributed by atoms with Crippen LogP contribution in [0.1, 0.15) is 11.1 Å². The van der Waals surface area contributed by atoms with Crippen LogP contribution in [0.25, 0.3) is 0 Å². The van der Waals surface area contributed by atoms with Crippen molar-refractivity contribution >= 4 is 23.7 Å². The Labute approximate surface area is 186 Å². The first kappa shape index (κ1) is 24.2. The van der Waals surface area contributed by atoms with Gasteiger partial charge in [-0.2, -0.15) is 5.10 Å². The second-order valence-corrected chi connectivity index (χ2v) is 8.13. The summed E-state index contributed by atoms with van der Waals surface area (Å²) in [5.74, 6) is 1.28. The van der Waals surface area contributed by atoms with Gasteiger partial charge in [0, 0.05) is 17.5 Å². The molecule has 0 radical (unpaired) electrons. The average molecular weight is 469 g/mol. The summed E-state index contributed by atoms with van der Waals surface area (Å²) in [5.41, 5.74) is -0.227. The molecule has 11 heteroatoms. The summed E-state index contributed by atoms with van der Waals surface area (Å²) in [6, 6.07) is 9.66. The molecule has 172 valence electrons. The standard InChI is InChI=1S/C21H22F3N3O4S/c22-13-6-12(7-14(23)17(13)24)15(27-25)8-26-18-19(29)16(9-28)31-21(20(18)30)32-10-11-4-2-1-3-5-11/h1-8,16,18-21,28-30H,9-10,25H2/t16?,18?,19-,20?,21+/m0/s1. The Hall–Kier alpha value is -2.44. The number of rotatable bonds is 7. The van der Waals surface area contributed by atoms with E-state index in [2.05, 4.69) is 10.1 Å². The van der Waals surface area contributed by atoms with Crippen LogP contribution in [0, 0.1) is 17.5 Å². The van der Waals surface area contributed by atoms with E-state index in [0.717, 1.165) is 11.8 Å². The van der Waals surface area contributed by atoms with Gasteiger partial charge in [0.05, 0.1) is 6.61 Å². The van der Waals surface area contributed by atoms with Crippen LogP contribution in [-0.4, -0.2) is 63.6 Å². The number of hydrazone groups is 1. The maximum atomic E-state index is 13.5. The zero-order valence-electron chi connectivity index (χ0n) is 16.7. The highest BCUT2D eigenvalue weighted by Gasteiger charge is 2.44. The van der Waals surface area contributed by atoms with E-state index in [1.54, 1.807) is 0 Å². The first-order valence-electron chi connectivity index (χ1n) is 9.59. The number of hydrogen-bond donors (Lipinski definition) is 4. The normalized spacial score (nSPS) is 26.6. The summed E-state index contributed by atoms with van der Waals surface area (Å²) >= 11 is 1.26. The molecule has 1 saturated heterocycles.